The Morgan fingerprint density at radius 1 is 0.560 bits per heavy atom. The molecule has 4 aromatic carbocycles. The van der Waals surface area contributed by atoms with E-state index in [2.05, 4.69) is 135 Å². The van der Waals surface area contributed by atoms with Crippen LogP contribution in [0, 0.1) is 0 Å². The second kappa shape index (κ2) is 19.4. The van der Waals surface area contributed by atoms with Crippen LogP contribution in [-0.2, 0) is 38.5 Å². The van der Waals surface area contributed by atoms with Gasteiger partial charge in [-0.15, -0.1) is 0 Å². The molecule has 1 saturated heterocycles. The van der Waals surface area contributed by atoms with Crippen LogP contribution in [0.3, 0.4) is 0 Å². The Morgan fingerprint density at radius 3 is 0.940 bits per heavy atom. The molecule has 1 heterocycles. The zero-order chi connectivity index (χ0) is 36.2. The second-order valence-corrected chi connectivity index (χ2v) is 16.2. The zero-order valence-electron chi connectivity index (χ0n) is 26.8. The third-order valence-electron chi connectivity index (χ3n) is 7.07. The van der Waals surface area contributed by atoms with Gasteiger partial charge in [0.2, 0.25) is 0 Å². The van der Waals surface area contributed by atoms with Gasteiger partial charge in [-0.2, -0.15) is 26.3 Å². The Labute approximate surface area is 301 Å². The van der Waals surface area contributed by atoms with Crippen LogP contribution >= 0.6 is 15.8 Å². The fraction of sp³-hybridized carbons (Fsp3) is 0.257. The number of benzene rings is 4. The van der Waals surface area contributed by atoms with E-state index in [1.54, 1.807) is 0 Å². The molecular weight excluding hydrogens is 793 g/mol. The third kappa shape index (κ3) is 13.8. The van der Waals surface area contributed by atoms with Crippen LogP contribution in [-0.4, -0.2) is 64.8 Å². The minimum atomic E-state index is -5.08. The van der Waals surface area contributed by atoms with Crippen LogP contribution in [0.25, 0.3) is 0 Å². The van der Waals surface area contributed by atoms with Gasteiger partial charge in [-0.3, -0.25) is 0 Å². The van der Waals surface area contributed by atoms with Gasteiger partial charge >= 0.3 is 24.3 Å². The number of hydrogen-bond acceptors (Lipinski definition) is 4. The van der Waals surface area contributed by atoms with Crippen molar-refractivity contribution in [1.82, 2.24) is 0 Å². The van der Waals surface area contributed by atoms with Crippen LogP contribution < -0.4 is 21.2 Å². The Hall–Kier alpha value is -3.20. The summed E-state index contributed by atoms with van der Waals surface area (Å²) >= 11 is 0. The number of ether oxygens (including phenoxy) is 2. The summed E-state index contributed by atoms with van der Waals surface area (Å²) in [4.78, 5) is 17.8. The zero-order valence-corrected chi connectivity index (χ0v) is 30.5. The largest absolute Gasteiger partial charge is 0.490 e. The van der Waals surface area contributed by atoms with Crippen LogP contribution in [0.5, 0.6) is 0 Å². The number of carbonyl (C=O) groups is 2. The maximum absolute atomic E-state index is 10.6. The number of carboxylic acids is 2. The number of hydrogen-bond donors (Lipinski definition) is 2. The fourth-order valence-corrected chi connectivity index (χ4v) is 10.5. The molecule has 6 nitrogen and oxygen atoms in total. The summed E-state index contributed by atoms with van der Waals surface area (Å²) < 4.78 is 76.7. The van der Waals surface area contributed by atoms with Gasteiger partial charge < -0.3 is 19.7 Å². The summed E-state index contributed by atoms with van der Waals surface area (Å²) in [5.74, 6) is -6.09. The van der Waals surface area contributed by atoms with Gasteiger partial charge in [-0.1, -0.05) is 72.8 Å². The van der Waals surface area contributed by atoms with E-state index in [1.807, 2.05) is 0 Å². The number of halogens is 6. The van der Waals surface area contributed by atoms with E-state index >= 15 is 0 Å². The number of rotatable bonds is 8. The monoisotopic (exact) mass is 830 g/mol. The number of carboxylic acid groups (broad SMARTS) is 2. The molecule has 5 rings (SSSR count). The van der Waals surface area contributed by atoms with Gasteiger partial charge in [0, 0.05) is 19.5 Å². The molecule has 2 N–H and O–H groups in total. The first kappa shape index (κ1) is 43.0. The topological polar surface area (TPSA) is 93.1 Å². The second-order valence-electron chi connectivity index (χ2n) is 11.1. The Kier molecular flexibility index (Phi) is 16.7. The van der Waals surface area contributed by atoms with Gasteiger partial charge in [-0.05, 0) is 62.4 Å². The van der Waals surface area contributed by atoms with Crippen molar-refractivity contribution in [3.63, 3.8) is 0 Å². The molecule has 270 valence electrons. The maximum atomic E-state index is 10.6. The van der Waals surface area contributed by atoms with Crippen LogP contribution in [0.2, 0.25) is 0 Å². The molecule has 2 atom stereocenters. The van der Waals surface area contributed by atoms with E-state index in [4.69, 9.17) is 29.3 Å². The van der Waals surface area contributed by atoms with Gasteiger partial charge in [0.25, 0.3) is 0 Å². The van der Waals surface area contributed by atoms with Crippen molar-refractivity contribution in [1.29, 1.82) is 0 Å². The van der Waals surface area contributed by atoms with Gasteiger partial charge in [0.1, 0.15) is 12.2 Å². The van der Waals surface area contributed by atoms with E-state index in [9.17, 15) is 26.3 Å². The van der Waals surface area contributed by atoms with Gasteiger partial charge in [0.05, 0.1) is 49.4 Å². The molecule has 0 saturated carbocycles. The molecule has 1 aliphatic rings. The summed E-state index contributed by atoms with van der Waals surface area (Å²) in [5.41, 5.74) is 0. The van der Waals surface area contributed by atoms with Crippen molar-refractivity contribution in [3.05, 3.63) is 121 Å². The average Bonchev–Trinajstić information content (AvgIpc) is 3.36. The van der Waals surface area contributed by atoms with E-state index in [1.165, 1.54) is 21.2 Å². The summed E-state index contributed by atoms with van der Waals surface area (Å²) in [6.07, 6.45) is -8.06. The maximum Gasteiger partial charge on any atom is 0.490 e. The Morgan fingerprint density at radius 2 is 0.760 bits per heavy atom. The van der Waals surface area contributed by atoms with Crippen LogP contribution in [0.4, 0.5) is 26.3 Å². The molecule has 15 heteroatoms. The molecule has 0 unspecified atom stereocenters. The fourth-order valence-electron chi connectivity index (χ4n) is 5.02. The first-order valence-corrected chi connectivity index (χ1v) is 18.3. The van der Waals surface area contributed by atoms with Crippen molar-refractivity contribution < 1.29 is 75.1 Å². The van der Waals surface area contributed by atoms with Crippen LogP contribution in [0.15, 0.2) is 121 Å². The van der Waals surface area contributed by atoms with Gasteiger partial charge in [-0.25, -0.2) is 9.59 Å². The summed E-state index contributed by atoms with van der Waals surface area (Å²) in [5, 5.41) is 19.9. The SMILES string of the molecule is CC1(C)O[C@H](C[PH+](c2ccccc2)c2ccccc2)[C@@H](C[PH+](c2ccccc2)c2ccccc2)O1.O=C(O)C(F)(F)F.O=C(O)C(F)(F)F.[Ru]. The standard InChI is InChI=1S/C31H32O2P2.2C2HF3O2.Ru/c1-31(2)32-29(23-34(25-15-7-3-8-16-25)26-17-9-4-10-18-26)30(33-31)24-35(27-19-11-5-12-20-27)28-21-13-6-14-22-28;2*3-2(4,5)1(6)7;/h3-22,29-30H,23-24H2,1-2H3;2*(H,6,7);/p+2/t29-,30-;;;/m1.../s1. The van der Waals surface area contributed by atoms with E-state index in [-0.39, 0.29) is 31.7 Å². The predicted molar refractivity (Wildman–Crippen MR) is 182 cm³/mol. The molecule has 4 aromatic rings. The molecular formula is C35H36F6O6P2Ru+2. The minimum Gasteiger partial charge on any atom is -0.475 e. The van der Waals surface area contributed by atoms with E-state index in [0.29, 0.717) is 0 Å². The van der Waals surface area contributed by atoms with Crippen molar-refractivity contribution in [2.24, 2.45) is 0 Å². The summed E-state index contributed by atoms with van der Waals surface area (Å²) in [7, 11) is -2.04. The predicted octanol–water partition coefficient (Wildman–Crippen LogP) is 6.50. The van der Waals surface area contributed by atoms with E-state index in [0.717, 1.165) is 12.3 Å². The van der Waals surface area contributed by atoms with Crippen molar-refractivity contribution in [3.8, 4) is 0 Å². The molecule has 1 fully saturated rings. The smallest absolute Gasteiger partial charge is 0.475 e. The third-order valence-corrected chi connectivity index (χ3v) is 12.8. The van der Waals surface area contributed by atoms with Crippen molar-refractivity contribution in [2.75, 3.05) is 12.3 Å². The van der Waals surface area contributed by atoms with Gasteiger partial charge in [0.15, 0.2) is 5.79 Å². The number of alkyl halides is 6. The summed E-state index contributed by atoms with van der Waals surface area (Å²) in [6, 6.07) is 43.9. The minimum absolute atomic E-state index is 0. The molecule has 50 heavy (non-hydrogen) atoms. The quantitative estimate of drug-likeness (QED) is 0.120. The molecule has 0 aliphatic carbocycles. The Balaban J connectivity index is 0.000000489. The first-order valence-electron chi connectivity index (χ1n) is 14.9. The normalized spacial score (nSPS) is 16.7. The van der Waals surface area contributed by atoms with Crippen molar-refractivity contribution in [2.45, 2.75) is 44.2 Å². The van der Waals surface area contributed by atoms with E-state index < -0.39 is 45.9 Å². The molecule has 0 aromatic heterocycles. The molecule has 0 radical (unpaired) electrons. The van der Waals surface area contributed by atoms with Crippen molar-refractivity contribution >= 4 is 49.0 Å². The first-order chi connectivity index (χ1) is 23.0. The average molecular weight is 830 g/mol. The molecule has 0 bridgehead atoms. The number of aliphatic carboxylic acids is 2. The molecule has 0 spiro atoms. The van der Waals surface area contributed by atoms with Crippen LogP contribution in [0.1, 0.15) is 13.8 Å². The molecule has 1 aliphatic heterocycles. The molecule has 0 amide bonds. The summed E-state index contributed by atoms with van der Waals surface area (Å²) in [6.45, 7) is 4.13. The Bertz CT molecular complexity index is 1400.